The normalized spacial score (nSPS) is 21.0. The van der Waals surface area contributed by atoms with Crippen LogP contribution in [0, 0.1) is 0 Å². The summed E-state index contributed by atoms with van der Waals surface area (Å²) in [6, 6.07) is 6.64. The van der Waals surface area contributed by atoms with Gasteiger partial charge in [0.1, 0.15) is 5.75 Å². The first kappa shape index (κ1) is 20.5. The molecule has 0 aliphatic carbocycles. The third kappa shape index (κ3) is 5.04. The van der Waals surface area contributed by atoms with Crippen molar-refractivity contribution < 1.29 is 9.53 Å². The standard InChI is InChI=1S/C23H36N4O2/c1-23(2,27-9-4-3-5-10-27)18-24-22(28)26-13-11-25(12-14-26)17-19-6-7-21-20(16-19)8-15-29-21/h6-7,16H,3-5,8-15,17-18H2,1-2H3,(H,24,28). The maximum absolute atomic E-state index is 12.7. The van der Waals surface area contributed by atoms with Gasteiger partial charge < -0.3 is 15.0 Å². The fourth-order valence-corrected chi connectivity index (χ4v) is 4.72. The molecule has 0 spiro atoms. The highest BCUT2D eigenvalue weighted by Gasteiger charge is 2.29. The van der Waals surface area contributed by atoms with E-state index >= 15 is 0 Å². The highest BCUT2D eigenvalue weighted by molar-refractivity contribution is 5.74. The molecule has 6 heteroatoms. The lowest BCUT2D eigenvalue weighted by Crippen LogP contribution is -2.57. The van der Waals surface area contributed by atoms with Crippen LogP contribution in [0.1, 0.15) is 44.2 Å². The van der Waals surface area contributed by atoms with Crippen molar-refractivity contribution in [3.8, 4) is 5.75 Å². The number of fused-ring (bicyclic) bond motifs is 1. The van der Waals surface area contributed by atoms with Gasteiger partial charge in [0.15, 0.2) is 0 Å². The number of piperidine rings is 1. The summed E-state index contributed by atoms with van der Waals surface area (Å²) in [5, 5.41) is 3.20. The van der Waals surface area contributed by atoms with Crippen LogP contribution in [0.3, 0.4) is 0 Å². The summed E-state index contributed by atoms with van der Waals surface area (Å²) in [4.78, 5) is 19.6. The molecule has 1 N–H and O–H groups in total. The van der Waals surface area contributed by atoms with Crippen LogP contribution in [0.2, 0.25) is 0 Å². The van der Waals surface area contributed by atoms with E-state index in [0.717, 1.165) is 64.6 Å². The molecule has 2 saturated heterocycles. The summed E-state index contributed by atoms with van der Waals surface area (Å²) in [5.41, 5.74) is 2.70. The van der Waals surface area contributed by atoms with Crippen molar-refractivity contribution >= 4 is 6.03 Å². The van der Waals surface area contributed by atoms with E-state index in [2.05, 4.69) is 47.2 Å². The van der Waals surface area contributed by atoms with Crippen molar-refractivity contribution in [2.45, 2.75) is 51.6 Å². The molecule has 0 bridgehead atoms. The molecule has 160 valence electrons. The Balaban J connectivity index is 1.21. The number of likely N-dealkylation sites (tertiary alicyclic amines) is 1. The van der Waals surface area contributed by atoms with Crippen molar-refractivity contribution in [2.24, 2.45) is 0 Å². The molecule has 0 unspecified atom stereocenters. The van der Waals surface area contributed by atoms with Crippen molar-refractivity contribution in [3.05, 3.63) is 29.3 Å². The highest BCUT2D eigenvalue weighted by atomic mass is 16.5. The van der Waals surface area contributed by atoms with Gasteiger partial charge in [-0.05, 0) is 57.0 Å². The second-order valence-electron chi connectivity index (χ2n) is 9.32. The van der Waals surface area contributed by atoms with Crippen LogP contribution >= 0.6 is 0 Å². The molecule has 1 aromatic rings. The Hall–Kier alpha value is -1.79. The van der Waals surface area contributed by atoms with E-state index in [0.29, 0.717) is 6.54 Å². The first-order valence-corrected chi connectivity index (χ1v) is 11.3. The zero-order chi connectivity index (χ0) is 20.3. The molecule has 0 atom stereocenters. The van der Waals surface area contributed by atoms with Crippen molar-refractivity contribution in [1.29, 1.82) is 0 Å². The monoisotopic (exact) mass is 400 g/mol. The minimum atomic E-state index is 0.0230. The minimum absolute atomic E-state index is 0.0230. The number of carbonyl (C=O) groups excluding carboxylic acids is 1. The molecule has 2 fully saturated rings. The van der Waals surface area contributed by atoms with E-state index in [1.807, 2.05) is 4.90 Å². The number of nitrogens with zero attached hydrogens (tertiary/aromatic N) is 3. The zero-order valence-corrected chi connectivity index (χ0v) is 18.1. The highest BCUT2D eigenvalue weighted by Crippen LogP contribution is 2.26. The first-order valence-electron chi connectivity index (χ1n) is 11.3. The Morgan fingerprint density at radius 3 is 2.59 bits per heavy atom. The van der Waals surface area contributed by atoms with Crippen LogP contribution in [0.4, 0.5) is 4.79 Å². The summed E-state index contributed by atoms with van der Waals surface area (Å²) < 4.78 is 5.60. The number of rotatable bonds is 5. The minimum Gasteiger partial charge on any atom is -0.493 e. The van der Waals surface area contributed by atoms with Gasteiger partial charge in [0, 0.05) is 51.2 Å². The number of benzene rings is 1. The van der Waals surface area contributed by atoms with Crippen LogP contribution in [0.25, 0.3) is 0 Å². The maximum Gasteiger partial charge on any atom is 0.317 e. The van der Waals surface area contributed by atoms with E-state index in [-0.39, 0.29) is 11.6 Å². The van der Waals surface area contributed by atoms with Gasteiger partial charge in [0.2, 0.25) is 0 Å². The molecule has 4 rings (SSSR count). The summed E-state index contributed by atoms with van der Waals surface area (Å²) >= 11 is 0. The lowest BCUT2D eigenvalue weighted by atomic mass is 9.98. The van der Waals surface area contributed by atoms with Gasteiger partial charge >= 0.3 is 6.03 Å². The van der Waals surface area contributed by atoms with E-state index < -0.39 is 0 Å². The Morgan fingerprint density at radius 1 is 1.07 bits per heavy atom. The summed E-state index contributed by atoms with van der Waals surface area (Å²) in [6.07, 6.45) is 4.90. The molecule has 0 saturated carbocycles. The number of nitrogens with one attached hydrogen (secondary N) is 1. The number of hydrogen-bond acceptors (Lipinski definition) is 4. The average molecular weight is 401 g/mol. The number of amides is 2. The smallest absolute Gasteiger partial charge is 0.317 e. The van der Waals surface area contributed by atoms with E-state index in [1.54, 1.807) is 0 Å². The Kier molecular flexibility index (Phi) is 6.30. The molecule has 0 aromatic heterocycles. The van der Waals surface area contributed by atoms with Crippen LogP contribution in [0.15, 0.2) is 18.2 Å². The fourth-order valence-electron chi connectivity index (χ4n) is 4.72. The number of piperazine rings is 1. The molecule has 3 heterocycles. The van der Waals surface area contributed by atoms with Gasteiger partial charge in [0.05, 0.1) is 6.61 Å². The molecule has 2 amide bonds. The SMILES string of the molecule is CC(C)(CNC(=O)N1CCN(Cc2ccc3c(c2)CCO3)CC1)N1CCCCC1. The predicted molar refractivity (Wildman–Crippen MR) is 115 cm³/mol. The topological polar surface area (TPSA) is 48.1 Å². The van der Waals surface area contributed by atoms with Gasteiger partial charge in [-0.1, -0.05) is 18.6 Å². The number of carbonyl (C=O) groups is 1. The van der Waals surface area contributed by atoms with Gasteiger partial charge in [-0.25, -0.2) is 4.79 Å². The third-order valence-electron chi connectivity index (χ3n) is 6.70. The molecular formula is C23H36N4O2. The predicted octanol–water partition coefficient (Wildman–Crippen LogP) is 2.71. The van der Waals surface area contributed by atoms with Crippen molar-refractivity contribution in [1.82, 2.24) is 20.0 Å². The molecule has 29 heavy (non-hydrogen) atoms. The molecule has 1 aromatic carbocycles. The average Bonchev–Trinajstić information content (AvgIpc) is 3.21. The Morgan fingerprint density at radius 2 is 1.83 bits per heavy atom. The van der Waals surface area contributed by atoms with Crippen LogP contribution in [0.5, 0.6) is 5.75 Å². The van der Waals surface area contributed by atoms with E-state index in [4.69, 9.17) is 4.74 Å². The number of urea groups is 1. The van der Waals surface area contributed by atoms with Crippen LogP contribution in [-0.2, 0) is 13.0 Å². The Bertz CT molecular complexity index is 707. The summed E-state index contributed by atoms with van der Waals surface area (Å²) in [7, 11) is 0. The zero-order valence-electron chi connectivity index (χ0n) is 18.1. The van der Waals surface area contributed by atoms with Gasteiger partial charge in [-0.3, -0.25) is 9.80 Å². The van der Waals surface area contributed by atoms with Crippen LogP contribution in [-0.4, -0.2) is 78.7 Å². The van der Waals surface area contributed by atoms with Crippen molar-refractivity contribution in [3.63, 3.8) is 0 Å². The van der Waals surface area contributed by atoms with Crippen molar-refractivity contribution in [2.75, 3.05) is 52.4 Å². The Labute approximate surface area is 175 Å². The second-order valence-corrected chi connectivity index (χ2v) is 9.32. The van der Waals surface area contributed by atoms with Gasteiger partial charge in [0.25, 0.3) is 0 Å². The largest absolute Gasteiger partial charge is 0.493 e. The van der Waals surface area contributed by atoms with Crippen LogP contribution < -0.4 is 10.1 Å². The molecular weight excluding hydrogens is 364 g/mol. The summed E-state index contributed by atoms with van der Waals surface area (Å²) in [5.74, 6) is 1.04. The maximum atomic E-state index is 12.7. The van der Waals surface area contributed by atoms with E-state index in [9.17, 15) is 4.79 Å². The number of ether oxygens (including phenoxy) is 1. The quantitative estimate of drug-likeness (QED) is 0.826. The van der Waals surface area contributed by atoms with Gasteiger partial charge in [-0.2, -0.15) is 0 Å². The number of hydrogen-bond donors (Lipinski definition) is 1. The lowest BCUT2D eigenvalue weighted by molar-refractivity contribution is 0.0907. The molecule has 3 aliphatic heterocycles. The van der Waals surface area contributed by atoms with Gasteiger partial charge in [-0.15, -0.1) is 0 Å². The fraction of sp³-hybridized carbons (Fsp3) is 0.696. The van der Waals surface area contributed by atoms with E-state index in [1.165, 1.54) is 30.4 Å². The lowest BCUT2D eigenvalue weighted by Gasteiger charge is -2.42. The third-order valence-corrected chi connectivity index (χ3v) is 6.70. The summed E-state index contributed by atoms with van der Waals surface area (Å²) in [6.45, 7) is 12.7. The second kappa shape index (κ2) is 8.92. The molecule has 0 radical (unpaired) electrons. The molecule has 3 aliphatic rings. The first-order chi connectivity index (χ1) is 14.0. The molecule has 6 nitrogen and oxygen atoms in total.